The molecule has 0 spiro atoms. The third-order valence-electron chi connectivity index (χ3n) is 2.15. The van der Waals surface area contributed by atoms with Crippen molar-refractivity contribution in [3.05, 3.63) is 29.6 Å². The lowest BCUT2D eigenvalue weighted by molar-refractivity contribution is 0.0278. The third-order valence-corrected chi connectivity index (χ3v) is 2.15. The van der Waals surface area contributed by atoms with Crippen molar-refractivity contribution >= 4 is 11.7 Å². The first-order chi connectivity index (χ1) is 8.50. The second-order valence-electron chi connectivity index (χ2n) is 4.34. The van der Waals surface area contributed by atoms with Gasteiger partial charge in [-0.25, -0.2) is 9.18 Å². The second kappa shape index (κ2) is 6.96. The number of nitrogens with two attached hydrogens (primary N) is 1. The Morgan fingerprint density at radius 2 is 2.11 bits per heavy atom. The van der Waals surface area contributed by atoms with Crippen LogP contribution in [0.2, 0.25) is 0 Å². The molecule has 18 heavy (non-hydrogen) atoms. The summed E-state index contributed by atoms with van der Waals surface area (Å²) in [6, 6.07) is 3.57. The fourth-order valence-electron chi connectivity index (χ4n) is 1.31. The van der Waals surface area contributed by atoms with Gasteiger partial charge in [0, 0.05) is 12.3 Å². The summed E-state index contributed by atoms with van der Waals surface area (Å²) in [5.74, 6) is -0.613. The van der Waals surface area contributed by atoms with E-state index in [1.807, 2.05) is 13.8 Å². The van der Waals surface area contributed by atoms with Crippen LogP contribution in [0.25, 0.3) is 0 Å². The smallest absolute Gasteiger partial charge is 0.340 e. The summed E-state index contributed by atoms with van der Waals surface area (Å²) in [4.78, 5) is 11.6. The van der Waals surface area contributed by atoms with Crippen molar-refractivity contribution in [3.63, 3.8) is 0 Å². The maximum atomic E-state index is 12.8. The van der Waals surface area contributed by atoms with Gasteiger partial charge in [0.15, 0.2) is 0 Å². The zero-order valence-electron chi connectivity index (χ0n) is 10.6. The summed E-state index contributed by atoms with van der Waals surface area (Å²) < 4.78 is 23.0. The van der Waals surface area contributed by atoms with Crippen LogP contribution < -0.4 is 5.73 Å². The van der Waals surface area contributed by atoms with Gasteiger partial charge in [-0.15, -0.1) is 0 Å². The Labute approximate surface area is 106 Å². The fourth-order valence-corrected chi connectivity index (χ4v) is 1.31. The molecule has 0 aliphatic carbocycles. The van der Waals surface area contributed by atoms with Gasteiger partial charge in [-0.3, -0.25) is 0 Å². The molecule has 0 aromatic heterocycles. The zero-order valence-corrected chi connectivity index (χ0v) is 10.6. The van der Waals surface area contributed by atoms with Crippen molar-refractivity contribution in [2.24, 2.45) is 5.92 Å². The molecule has 1 aromatic rings. The highest BCUT2D eigenvalue weighted by atomic mass is 19.1. The first-order valence-electron chi connectivity index (χ1n) is 5.80. The predicted octanol–water partition coefficient (Wildman–Crippen LogP) is 2.24. The number of nitrogen functional groups attached to an aromatic ring is 1. The first-order valence-corrected chi connectivity index (χ1v) is 5.80. The van der Waals surface area contributed by atoms with Gasteiger partial charge in [-0.1, -0.05) is 13.8 Å². The molecule has 2 N–H and O–H groups in total. The highest BCUT2D eigenvalue weighted by molar-refractivity contribution is 5.94. The summed E-state index contributed by atoms with van der Waals surface area (Å²) >= 11 is 0. The minimum Gasteiger partial charge on any atom is -0.460 e. The van der Waals surface area contributed by atoms with Gasteiger partial charge in [0.05, 0.1) is 12.2 Å². The Balaban J connectivity index is 2.36. The minimum absolute atomic E-state index is 0.0723. The number of ether oxygens (including phenoxy) is 2. The standard InChI is InChI=1S/C13H18FNO3/c1-9(2)8-17-5-6-18-13(16)11-4-3-10(14)7-12(11)15/h3-4,7,9H,5-6,8,15H2,1-2H3. The molecular weight excluding hydrogens is 237 g/mol. The fraction of sp³-hybridized carbons (Fsp3) is 0.462. The van der Waals surface area contributed by atoms with Crippen LogP contribution in [0.1, 0.15) is 24.2 Å². The lowest BCUT2D eigenvalue weighted by Crippen LogP contribution is -2.14. The Bertz CT molecular complexity index is 407. The summed E-state index contributed by atoms with van der Waals surface area (Å²) in [6.45, 7) is 5.18. The van der Waals surface area contributed by atoms with Crippen LogP contribution in [-0.4, -0.2) is 25.8 Å². The molecule has 0 amide bonds. The van der Waals surface area contributed by atoms with Crippen molar-refractivity contribution in [1.82, 2.24) is 0 Å². The van der Waals surface area contributed by atoms with Gasteiger partial charge >= 0.3 is 5.97 Å². The maximum absolute atomic E-state index is 12.8. The van der Waals surface area contributed by atoms with Crippen LogP contribution >= 0.6 is 0 Å². The van der Waals surface area contributed by atoms with E-state index < -0.39 is 11.8 Å². The van der Waals surface area contributed by atoms with Gasteiger partial charge in [0.2, 0.25) is 0 Å². The number of hydrogen-bond donors (Lipinski definition) is 1. The molecule has 5 heteroatoms. The quantitative estimate of drug-likeness (QED) is 0.481. The molecule has 0 bridgehead atoms. The highest BCUT2D eigenvalue weighted by Crippen LogP contribution is 2.14. The van der Waals surface area contributed by atoms with Gasteiger partial charge in [-0.2, -0.15) is 0 Å². The molecule has 100 valence electrons. The van der Waals surface area contributed by atoms with E-state index in [0.29, 0.717) is 19.1 Å². The molecule has 0 heterocycles. The van der Waals surface area contributed by atoms with Crippen molar-refractivity contribution in [2.75, 3.05) is 25.6 Å². The normalized spacial score (nSPS) is 10.7. The van der Waals surface area contributed by atoms with Crippen molar-refractivity contribution in [1.29, 1.82) is 0 Å². The number of carbonyl (C=O) groups is 1. The van der Waals surface area contributed by atoms with Crippen molar-refractivity contribution < 1.29 is 18.7 Å². The number of halogens is 1. The largest absolute Gasteiger partial charge is 0.460 e. The van der Waals surface area contributed by atoms with Crippen molar-refractivity contribution in [3.8, 4) is 0 Å². The number of rotatable bonds is 6. The van der Waals surface area contributed by atoms with Crippen LogP contribution in [0, 0.1) is 11.7 Å². The lowest BCUT2D eigenvalue weighted by atomic mass is 10.2. The number of esters is 1. The molecule has 0 radical (unpaired) electrons. The van der Waals surface area contributed by atoms with Gasteiger partial charge < -0.3 is 15.2 Å². The van der Waals surface area contributed by atoms with Crippen LogP contribution in [0.5, 0.6) is 0 Å². The van der Waals surface area contributed by atoms with E-state index in [1.54, 1.807) is 0 Å². The van der Waals surface area contributed by atoms with Crippen LogP contribution in [0.3, 0.4) is 0 Å². The molecule has 4 nitrogen and oxygen atoms in total. The van der Waals surface area contributed by atoms with Gasteiger partial charge in [0.25, 0.3) is 0 Å². The Morgan fingerprint density at radius 1 is 1.39 bits per heavy atom. The molecule has 0 fully saturated rings. The average Bonchev–Trinajstić information content (AvgIpc) is 2.27. The summed E-state index contributed by atoms with van der Waals surface area (Å²) in [5.41, 5.74) is 5.76. The van der Waals surface area contributed by atoms with E-state index in [2.05, 4.69) is 0 Å². The summed E-state index contributed by atoms with van der Waals surface area (Å²) in [6.07, 6.45) is 0. The van der Waals surface area contributed by atoms with Crippen LogP contribution in [0.15, 0.2) is 18.2 Å². The summed E-state index contributed by atoms with van der Waals surface area (Å²) in [5, 5.41) is 0. The third kappa shape index (κ3) is 4.71. The monoisotopic (exact) mass is 255 g/mol. The van der Waals surface area contributed by atoms with Crippen LogP contribution in [-0.2, 0) is 9.47 Å². The number of anilines is 1. The van der Waals surface area contributed by atoms with Gasteiger partial charge in [0.1, 0.15) is 12.4 Å². The molecule has 0 atom stereocenters. The van der Waals surface area contributed by atoms with Crippen LogP contribution in [0.4, 0.5) is 10.1 Å². The molecule has 0 aliphatic rings. The van der Waals surface area contributed by atoms with E-state index in [1.165, 1.54) is 12.1 Å². The Morgan fingerprint density at radius 3 is 2.72 bits per heavy atom. The lowest BCUT2D eigenvalue weighted by Gasteiger charge is -2.08. The van der Waals surface area contributed by atoms with E-state index in [4.69, 9.17) is 15.2 Å². The molecule has 1 rings (SSSR count). The SMILES string of the molecule is CC(C)COCCOC(=O)c1ccc(F)cc1N. The van der Waals surface area contributed by atoms with E-state index in [9.17, 15) is 9.18 Å². The molecule has 0 saturated carbocycles. The zero-order chi connectivity index (χ0) is 13.5. The van der Waals surface area contributed by atoms with E-state index in [0.717, 1.165) is 6.07 Å². The van der Waals surface area contributed by atoms with E-state index in [-0.39, 0.29) is 17.9 Å². The average molecular weight is 255 g/mol. The number of carbonyl (C=O) groups excluding carboxylic acids is 1. The van der Waals surface area contributed by atoms with E-state index >= 15 is 0 Å². The predicted molar refractivity (Wildman–Crippen MR) is 66.8 cm³/mol. The number of hydrogen-bond acceptors (Lipinski definition) is 4. The second-order valence-corrected chi connectivity index (χ2v) is 4.34. The summed E-state index contributed by atoms with van der Waals surface area (Å²) in [7, 11) is 0. The Hall–Kier alpha value is -1.62. The Kier molecular flexibility index (Phi) is 5.58. The van der Waals surface area contributed by atoms with Gasteiger partial charge in [-0.05, 0) is 24.1 Å². The maximum Gasteiger partial charge on any atom is 0.340 e. The topological polar surface area (TPSA) is 61.5 Å². The van der Waals surface area contributed by atoms with Crippen molar-refractivity contribution in [2.45, 2.75) is 13.8 Å². The minimum atomic E-state index is -0.569. The molecular formula is C13H18FNO3. The number of benzene rings is 1. The first kappa shape index (κ1) is 14.4. The molecule has 0 saturated heterocycles. The molecule has 1 aromatic carbocycles. The highest BCUT2D eigenvalue weighted by Gasteiger charge is 2.11. The molecule has 0 unspecified atom stereocenters. The molecule has 0 aliphatic heterocycles.